The molecule has 2 N–H and O–H groups in total. The molecule has 0 saturated carbocycles. The van der Waals surface area contributed by atoms with Gasteiger partial charge in [0.1, 0.15) is 0 Å². The highest BCUT2D eigenvalue weighted by Gasteiger charge is 2.24. The van der Waals surface area contributed by atoms with Crippen LogP contribution in [0.25, 0.3) is 0 Å². The molecular weight excluding hydrogens is 236 g/mol. The number of hydrogen-bond donors (Lipinski definition) is 2. The average Bonchev–Trinajstić information content (AvgIpc) is 2.38. The van der Waals surface area contributed by atoms with Crippen LogP contribution in [-0.4, -0.2) is 42.3 Å². The molecule has 2 atom stereocenters. The molecule has 1 aliphatic rings. The van der Waals surface area contributed by atoms with Gasteiger partial charge in [0, 0.05) is 32.2 Å². The van der Waals surface area contributed by atoms with Crippen molar-refractivity contribution in [2.24, 2.45) is 5.92 Å². The first-order chi connectivity index (χ1) is 9.17. The van der Waals surface area contributed by atoms with Crippen molar-refractivity contribution in [1.29, 1.82) is 0 Å². The lowest BCUT2D eigenvalue weighted by Gasteiger charge is -2.37. The van der Waals surface area contributed by atoms with E-state index in [0.717, 1.165) is 19.0 Å². The monoisotopic (exact) mass is 262 g/mol. The van der Waals surface area contributed by atoms with Crippen LogP contribution in [0.2, 0.25) is 0 Å². The van der Waals surface area contributed by atoms with Crippen LogP contribution in [0, 0.1) is 12.8 Å². The molecule has 1 aromatic carbocycles. The van der Waals surface area contributed by atoms with E-state index in [1.54, 1.807) is 0 Å². The predicted octanol–water partition coefficient (Wildman–Crippen LogP) is 1.79. The van der Waals surface area contributed by atoms with Crippen LogP contribution in [0.4, 0.5) is 0 Å². The summed E-state index contributed by atoms with van der Waals surface area (Å²) in [7, 11) is 0. The van der Waals surface area contributed by atoms with E-state index in [4.69, 9.17) is 5.11 Å². The predicted molar refractivity (Wildman–Crippen MR) is 79.1 cm³/mol. The molecule has 0 radical (unpaired) electrons. The Balaban J connectivity index is 1.90. The molecule has 0 amide bonds. The van der Waals surface area contributed by atoms with Gasteiger partial charge in [0.05, 0.1) is 6.61 Å². The molecule has 3 nitrogen and oxygen atoms in total. The fourth-order valence-corrected chi connectivity index (χ4v) is 2.96. The van der Waals surface area contributed by atoms with Gasteiger partial charge in [0.25, 0.3) is 0 Å². The maximum Gasteiger partial charge on any atom is 0.0556 e. The molecule has 3 heteroatoms. The standard InChI is InChI=1S/C16H26N2O/c1-13-3-5-15(6-4-13)11-18-10-14(2)9-16(12-18)17-7-8-19/h3-6,14,16-17,19H,7-12H2,1-2H3. The summed E-state index contributed by atoms with van der Waals surface area (Å²) in [6, 6.07) is 9.34. The summed E-state index contributed by atoms with van der Waals surface area (Å²) in [5, 5.41) is 12.3. The van der Waals surface area contributed by atoms with Gasteiger partial charge in [0.2, 0.25) is 0 Å². The Hall–Kier alpha value is -0.900. The SMILES string of the molecule is Cc1ccc(CN2CC(C)CC(NCCO)C2)cc1. The second kappa shape index (κ2) is 7.04. The molecule has 1 fully saturated rings. The Labute approximate surface area is 116 Å². The molecule has 19 heavy (non-hydrogen) atoms. The summed E-state index contributed by atoms with van der Waals surface area (Å²) in [6.07, 6.45) is 1.21. The van der Waals surface area contributed by atoms with Crippen LogP contribution < -0.4 is 5.32 Å². The zero-order valence-electron chi connectivity index (χ0n) is 12.1. The number of aryl methyl sites for hydroxylation is 1. The van der Waals surface area contributed by atoms with E-state index in [0.29, 0.717) is 12.6 Å². The van der Waals surface area contributed by atoms with Crippen molar-refractivity contribution in [2.45, 2.75) is 32.9 Å². The van der Waals surface area contributed by atoms with Crippen LogP contribution in [0.1, 0.15) is 24.5 Å². The second-order valence-corrected chi connectivity index (χ2v) is 5.90. The van der Waals surface area contributed by atoms with E-state index >= 15 is 0 Å². The molecule has 0 aliphatic carbocycles. The normalized spacial score (nSPS) is 24.6. The van der Waals surface area contributed by atoms with Crippen molar-refractivity contribution in [1.82, 2.24) is 10.2 Å². The summed E-state index contributed by atoms with van der Waals surface area (Å²) in [4.78, 5) is 2.52. The number of aliphatic hydroxyl groups excluding tert-OH is 1. The molecule has 106 valence electrons. The number of likely N-dealkylation sites (tertiary alicyclic amines) is 1. The highest BCUT2D eigenvalue weighted by atomic mass is 16.3. The first-order valence-electron chi connectivity index (χ1n) is 7.29. The molecule has 0 spiro atoms. The van der Waals surface area contributed by atoms with Gasteiger partial charge in [0.15, 0.2) is 0 Å². The number of nitrogens with zero attached hydrogens (tertiary/aromatic N) is 1. The van der Waals surface area contributed by atoms with Crippen molar-refractivity contribution < 1.29 is 5.11 Å². The molecule has 2 unspecified atom stereocenters. The smallest absolute Gasteiger partial charge is 0.0556 e. The summed E-state index contributed by atoms with van der Waals surface area (Å²) in [5.74, 6) is 0.718. The lowest BCUT2D eigenvalue weighted by atomic mass is 9.95. The van der Waals surface area contributed by atoms with Crippen LogP contribution >= 0.6 is 0 Å². The summed E-state index contributed by atoms with van der Waals surface area (Å²) in [6.45, 7) is 8.65. The second-order valence-electron chi connectivity index (χ2n) is 5.90. The summed E-state index contributed by atoms with van der Waals surface area (Å²) >= 11 is 0. The minimum absolute atomic E-state index is 0.225. The number of piperidine rings is 1. The fourth-order valence-electron chi connectivity index (χ4n) is 2.96. The first kappa shape index (κ1) is 14.5. The van der Waals surface area contributed by atoms with E-state index in [1.807, 2.05) is 0 Å². The maximum absolute atomic E-state index is 8.91. The molecule has 0 bridgehead atoms. The summed E-state index contributed by atoms with van der Waals surface area (Å²) in [5.41, 5.74) is 2.71. The summed E-state index contributed by atoms with van der Waals surface area (Å²) < 4.78 is 0. The van der Waals surface area contributed by atoms with Gasteiger partial charge in [-0.05, 0) is 24.8 Å². The van der Waals surface area contributed by atoms with Gasteiger partial charge in [-0.25, -0.2) is 0 Å². The van der Waals surface area contributed by atoms with Crippen molar-refractivity contribution in [3.05, 3.63) is 35.4 Å². The Bertz CT molecular complexity index is 377. The Kier molecular flexibility index (Phi) is 5.37. The zero-order valence-corrected chi connectivity index (χ0v) is 12.1. The van der Waals surface area contributed by atoms with E-state index in [-0.39, 0.29) is 6.61 Å². The molecular formula is C16H26N2O. The molecule has 0 aromatic heterocycles. The topological polar surface area (TPSA) is 35.5 Å². The van der Waals surface area contributed by atoms with Gasteiger partial charge in [-0.1, -0.05) is 36.8 Å². The highest BCUT2D eigenvalue weighted by Crippen LogP contribution is 2.18. The number of rotatable bonds is 5. The van der Waals surface area contributed by atoms with E-state index in [9.17, 15) is 0 Å². The Morgan fingerprint density at radius 2 is 2.00 bits per heavy atom. The first-order valence-corrected chi connectivity index (χ1v) is 7.29. The van der Waals surface area contributed by atoms with Crippen LogP contribution in [-0.2, 0) is 6.54 Å². The van der Waals surface area contributed by atoms with Gasteiger partial charge in [-0.3, -0.25) is 4.90 Å². The van der Waals surface area contributed by atoms with Crippen LogP contribution in [0.15, 0.2) is 24.3 Å². The molecule has 1 saturated heterocycles. The fraction of sp³-hybridized carbons (Fsp3) is 0.625. The number of nitrogens with one attached hydrogen (secondary N) is 1. The third kappa shape index (κ3) is 4.60. The highest BCUT2D eigenvalue weighted by molar-refractivity contribution is 5.21. The van der Waals surface area contributed by atoms with Crippen LogP contribution in [0.5, 0.6) is 0 Å². The lowest BCUT2D eigenvalue weighted by Crippen LogP contribution is -2.48. The van der Waals surface area contributed by atoms with Crippen molar-refractivity contribution in [3.8, 4) is 0 Å². The van der Waals surface area contributed by atoms with Gasteiger partial charge in [-0.2, -0.15) is 0 Å². The molecule has 1 heterocycles. The average molecular weight is 262 g/mol. The van der Waals surface area contributed by atoms with Crippen LogP contribution in [0.3, 0.4) is 0 Å². The van der Waals surface area contributed by atoms with E-state index < -0.39 is 0 Å². The van der Waals surface area contributed by atoms with E-state index in [2.05, 4.69) is 48.3 Å². The van der Waals surface area contributed by atoms with Gasteiger partial charge < -0.3 is 10.4 Å². The van der Waals surface area contributed by atoms with E-state index in [1.165, 1.54) is 24.1 Å². The Morgan fingerprint density at radius 3 is 2.68 bits per heavy atom. The quantitative estimate of drug-likeness (QED) is 0.849. The van der Waals surface area contributed by atoms with Gasteiger partial charge in [-0.15, -0.1) is 0 Å². The lowest BCUT2D eigenvalue weighted by molar-refractivity contribution is 0.138. The Morgan fingerprint density at radius 1 is 1.26 bits per heavy atom. The minimum atomic E-state index is 0.225. The van der Waals surface area contributed by atoms with Crippen molar-refractivity contribution in [2.75, 3.05) is 26.2 Å². The molecule has 1 aromatic rings. The van der Waals surface area contributed by atoms with Crippen molar-refractivity contribution in [3.63, 3.8) is 0 Å². The number of aliphatic hydroxyl groups is 1. The number of hydrogen-bond acceptors (Lipinski definition) is 3. The third-order valence-electron chi connectivity index (χ3n) is 3.81. The largest absolute Gasteiger partial charge is 0.395 e. The minimum Gasteiger partial charge on any atom is -0.395 e. The maximum atomic E-state index is 8.91. The third-order valence-corrected chi connectivity index (χ3v) is 3.81. The molecule has 2 rings (SSSR count). The van der Waals surface area contributed by atoms with Crippen molar-refractivity contribution >= 4 is 0 Å². The number of benzene rings is 1. The molecule has 1 aliphatic heterocycles. The zero-order chi connectivity index (χ0) is 13.7. The van der Waals surface area contributed by atoms with Gasteiger partial charge >= 0.3 is 0 Å².